The highest BCUT2D eigenvalue weighted by atomic mass is 16.5. The van der Waals surface area contributed by atoms with Crippen LogP contribution in [0, 0.1) is 5.92 Å². The molecule has 0 aromatic heterocycles. The summed E-state index contributed by atoms with van der Waals surface area (Å²) in [6.07, 6.45) is 2.22. The molecule has 0 bridgehead atoms. The number of rotatable bonds is 7. The summed E-state index contributed by atoms with van der Waals surface area (Å²) < 4.78 is 5.86. The molecule has 0 radical (unpaired) electrons. The SMILES string of the molecule is CNCC1CCN(c2ccc(OCCc3ccccc3)cc2)C1. The molecule has 23 heavy (non-hydrogen) atoms. The molecule has 0 amide bonds. The lowest BCUT2D eigenvalue weighted by molar-refractivity contribution is 0.322. The Kier molecular flexibility index (Phi) is 5.54. The van der Waals surface area contributed by atoms with E-state index in [1.165, 1.54) is 17.7 Å². The number of ether oxygens (including phenoxy) is 1. The van der Waals surface area contributed by atoms with Crippen LogP contribution in [0.25, 0.3) is 0 Å². The molecule has 1 atom stereocenters. The predicted octanol–water partition coefficient (Wildman–Crippen LogP) is 3.35. The van der Waals surface area contributed by atoms with Crippen molar-refractivity contribution < 1.29 is 4.74 Å². The molecule has 3 rings (SSSR count). The molecule has 3 heteroatoms. The van der Waals surface area contributed by atoms with Gasteiger partial charge in [-0.05, 0) is 55.8 Å². The fourth-order valence-corrected chi connectivity index (χ4v) is 3.21. The molecular formula is C20H26N2O. The summed E-state index contributed by atoms with van der Waals surface area (Å²) in [4.78, 5) is 2.47. The van der Waals surface area contributed by atoms with Crippen LogP contribution in [-0.2, 0) is 6.42 Å². The van der Waals surface area contributed by atoms with Crippen LogP contribution in [-0.4, -0.2) is 33.3 Å². The molecule has 0 saturated carbocycles. The Hall–Kier alpha value is -2.00. The fourth-order valence-electron chi connectivity index (χ4n) is 3.21. The van der Waals surface area contributed by atoms with E-state index in [0.29, 0.717) is 0 Å². The Morgan fingerprint density at radius 1 is 1.09 bits per heavy atom. The third-order valence-electron chi connectivity index (χ3n) is 4.48. The summed E-state index contributed by atoms with van der Waals surface area (Å²) in [5.41, 5.74) is 2.62. The maximum absolute atomic E-state index is 5.86. The molecule has 1 N–H and O–H groups in total. The number of hydrogen-bond acceptors (Lipinski definition) is 3. The lowest BCUT2D eigenvalue weighted by atomic mass is 10.1. The molecule has 1 saturated heterocycles. The van der Waals surface area contributed by atoms with Gasteiger partial charge in [0.2, 0.25) is 0 Å². The third kappa shape index (κ3) is 4.49. The van der Waals surface area contributed by atoms with Crippen LogP contribution in [0.15, 0.2) is 54.6 Å². The molecule has 3 nitrogen and oxygen atoms in total. The molecule has 1 unspecified atom stereocenters. The van der Waals surface area contributed by atoms with Gasteiger partial charge in [-0.15, -0.1) is 0 Å². The van der Waals surface area contributed by atoms with Crippen LogP contribution < -0.4 is 15.0 Å². The van der Waals surface area contributed by atoms with Crippen LogP contribution in [0.3, 0.4) is 0 Å². The monoisotopic (exact) mass is 310 g/mol. The zero-order chi connectivity index (χ0) is 15.9. The molecule has 0 spiro atoms. The van der Waals surface area contributed by atoms with E-state index in [-0.39, 0.29) is 0 Å². The summed E-state index contributed by atoms with van der Waals surface area (Å²) in [6.45, 7) is 4.13. The maximum Gasteiger partial charge on any atom is 0.119 e. The molecule has 122 valence electrons. The summed E-state index contributed by atoms with van der Waals surface area (Å²) >= 11 is 0. The van der Waals surface area contributed by atoms with Crippen molar-refractivity contribution >= 4 is 5.69 Å². The van der Waals surface area contributed by atoms with E-state index in [1.807, 2.05) is 13.1 Å². The first-order valence-electron chi connectivity index (χ1n) is 8.51. The number of nitrogens with zero attached hydrogens (tertiary/aromatic N) is 1. The lowest BCUT2D eigenvalue weighted by Crippen LogP contribution is -2.24. The van der Waals surface area contributed by atoms with Crippen LogP contribution >= 0.6 is 0 Å². The zero-order valence-electron chi connectivity index (χ0n) is 13.9. The highest BCUT2D eigenvalue weighted by Gasteiger charge is 2.21. The van der Waals surface area contributed by atoms with E-state index in [9.17, 15) is 0 Å². The van der Waals surface area contributed by atoms with Gasteiger partial charge < -0.3 is 15.0 Å². The van der Waals surface area contributed by atoms with E-state index in [2.05, 4.69) is 58.7 Å². The van der Waals surface area contributed by atoms with Gasteiger partial charge in [-0.3, -0.25) is 0 Å². The minimum absolute atomic E-state index is 0.720. The first-order valence-corrected chi connectivity index (χ1v) is 8.51. The highest BCUT2D eigenvalue weighted by molar-refractivity contribution is 5.49. The Morgan fingerprint density at radius 2 is 1.87 bits per heavy atom. The Morgan fingerprint density at radius 3 is 2.61 bits per heavy atom. The molecule has 1 aliphatic rings. The average molecular weight is 310 g/mol. The number of benzene rings is 2. The van der Waals surface area contributed by atoms with Crippen molar-refractivity contribution in [2.24, 2.45) is 5.92 Å². The third-order valence-corrected chi connectivity index (χ3v) is 4.48. The van der Waals surface area contributed by atoms with Crippen molar-refractivity contribution in [3.63, 3.8) is 0 Å². The fraction of sp³-hybridized carbons (Fsp3) is 0.400. The minimum atomic E-state index is 0.720. The van der Waals surface area contributed by atoms with E-state index in [4.69, 9.17) is 4.74 Å². The van der Waals surface area contributed by atoms with E-state index >= 15 is 0 Å². The van der Waals surface area contributed by atoms with Gasteiger partial charge in [0, 0.05) is 25.2 Å². The van der Waals surface area contributed by atoms with Crippen LogP contribution in [0.5, 0.6) is 5.75 Å². The Bertz CT molecular complexity index is 582. The first-order chi connectivity index (χ1) is 11.3. The van der Waals surface area contributed by atoms with Crippen molar-refractivity contribution in [1.29, 1.82) is 0 Å². The van der Waals surface area contributed by atoms with Gasteiger partial charge in [-0.25, -0.2) is 0 Å². The smallest absolute Gasteiger partial charge is 0.119 e. The summed E-state index contributed by atoms with van der Waals surface area (Å²) in [5, 5.41) is 3.28. The Balaban J connectivity index is 1.47. The quantitative estimate of drug-likeness (QED) is 0.849. The van der Waals surface area contributed by atoms with Crippen LogP contribution in [0.2, 0.25) is 0 Å². The second kappa shape index (κ2) is 8.02. The molecule has 2 aromatic rings. The topological polar surface area (TPSA) is 24.5 Å². The van der Waals surface area contributed by atoms with E-state index < -0.39 is 0 Å². The second-order valence-corrected chi connectivity index (χ2v) is 6.24. The van der Waals surface area contributed by atoms with Crippen molar-refractivity contribution in [1.82, 2.24) is 5.32 Å². The van der Waals surface area contributed by atoms with Crippen molar-refractivity contribution in [3.05, 3.63) is 60.2 Å². The maximum atomic E-state index is 5.86. The van der Waals surface area contributed by atoms with Gasteiger partial charge >= 0.3 is 0 Å². The number of anilines is 1. The molecule has 1 aliphatic heterocycles. The van der Waals surface area contributed by atoms with Crippen molar-refractivity contribution in [3.8, 4) is 5.75 Å². The lowest BCUT2D eigenvalue weighted by Gasteiger charge is -2.19. The van der Waals surface area contributed by atoms with Crippen molar-refractivity contribution in [2.75, 3.05) is 38.2 Å². The molecule has 1 heterocycles. The normalized spacial score (nSPS) is 17.4. The van der Waals surface area contributed by atoms with Gasteiger partial charge in [0.1, 0.15) is 5.75 Å². The molecule has 2 aromatic carbocycles. The average Bonchev–Trinajstić information content (AvgIpc) is 3.06. The first kappa shape index (κ1) is 15.9. The van der Waals surface area contributed by atoms with E-state index in [0.717, 1.165) is 44.3 Å². The molecule has 1 fully saturated rings. The van der Waals surface area contributed by atoms with Gasteiger partial charge in [0.25, 0.3) is 0 Å². The highest BCUT2D eigenvalue weighted by Crippen LogP contribution is 2.25. The van der Waals surface area contributed by atoms with Crippen LogP contribution in [0.1, 0.15) is 12.0 Å². The predicted molar refractivity (Wildman–Crippen MR) is 96.3 cm³/mol. The summed E-state index contributed by atoms with van der Waals surface area (Å²) in [5.74, 6) is 1.72. The van der Waals surface area contributed by atoms with Gasteiger partial charge in [-0.2, -0.15) is 0 Å². The molecule has 0 aliphatic carbocycles. The van der Waals surface area contributed by atoms with Crippen LogP contribution in [0.4, 0.5) is 5.69 Å². The minimum Gasteiger partial charge on any atom is -0.493 e. The zero-order valence-corrected chi connectivity index (χ0v) is 13.9. The summed E-state index contributed by atoms with van der Waals surface area (Å²) in [6, 6.07) is 19.0. The number of hydrogen-bond donors (Lipinski definition) is 1. The van der Waals surface area contributed by atoms with E-state index in [1.54, 1.807) is 0 Å². The largest absolute Gasteiger partial charge is 0.493 e. The number of nitrogens with one attached hydrogen (secondary N) is 1. The summed E-state index contributed by atoms with van der Waals surface area (Å²) in [7, 11) is 2.03. The standard InChI is InChI=1S/C20H26N2O/c1-21-15-18-11-13-22(16-18)19-7-9-20(10-8-19)23-14-12-17-5-3-2-4-6-17/h2-10,18,21H,11-16H2,1H3. The van der Waals surface area contributed by atoms with Crippen molar-refractivity contribution in [2.45, 2.75) is 12.8 Å². The molecular weight excluding hydrogens is 284 g/mol. The second-order valence-electron chi connectivity index (χ2n) is 6.24. The van der Waals surface area contributed by atoms with Gasteiger partial charge in [0.15, 0.2) is 0 Å². The van der Waals surface area contributed by atoms with Gasteiger partial charge in [0.05, 0.1) is 6.61 Å². The van der Waals surface area contributed by atoms with Gasteiger partial charge in [-0.1, -0.05) is 30.3 Å². The Labute approximate surface area is 139 Å².